The summed E-state index contributed by atoms with van der Waals surface area (Å²) in [6, 6.07) is 0.708. The number of hydrogen-bond donors (Lipinski definition) is 0. The van der Waals surface area contributed by atoms with E-state index in [1.54, 1.807) is 6.92 Å². The molecule has 2 fully saturated rings. The molecule has 1 aromatic rings. The Bertz CT molecular complexity index is 692. The summed E-state index contributed by atoms with van der Waals surface area (Å²) in [6.07, 6.45) is 6.10. The van der Waals surface area contributed by atoms with Crippen molar-refractivity contribution in [2.45, 2.75) is 65.5 Å². The van der Waals surface area contributed by atoms with Gasteiger partial charge in [-0.05, 0) is 65.0 Å². The van der Waals surface area contributed by atoms with E-state index >= 15 is 0 Å². The van der Waals surface area contributed by atoms with Gasteiger partial charge in [-0.2, -0.15) is 0 Å². The highest BCUT2D eigenvalue weighted by Crippen LogP contribution is 2.32. The fourth-order valence-corrected chi connectivity index (χ4v) is 5.10. The SMILES string of the molecule is CC(=O)N1CCc2c(nc(C)nc2N2CCC([C@H](C)N3CCCC3)CC2)C1. The summed E-state index contributed by atoms with van der Waals surface area (Å²) in [6.45, 7) is 12.2. The summed E-state index contributed by atoms with van der Waals surface area (Å²) in [5.41, 5.74) is 2.32. The van der Waals surface area contributed by atoms with Crippen LogP contribution in [0.3, 0.4) is 0 Å². The fraction of sp³-hybridized carbons (Fsp3) is 0.762. The molecule has 1 aromatic heterocycles. The van der Waals surface area contributed by atoms with Crippen LogP contribution >= 0.6 is 0 Å². The molecule has 0 unspecified atom stereocenters. The fourth-order valence-electron chi connectivity index (χ4n) is 5.10. The lowest BCUT2D eigenvalue weighted by atomic mass is 9.89. The third-order valence-corrected chi connectivity index (χ3v) is 6.84. The number of nitrogens with zero attached hydrogens (tertiary/aromatic N) is 5. The number of hydrogen-bond acceptors (Lipinski definition) is 5. The van der Waals surface area contributed by atoms with E-state index in [4.69, 9.17) is 4.98 Å². The molecule has 1 atom stereocenters. The first-order valence-corrected chi connectivity index (χ1v) is 10.6. The van der Waals surface area contributed by atoms with Crippen LogP contribution in [0.1, 0.15) is 56.6 Å². The van der Waals surface area contributed by atoms with Gasteiger partial charge < -0.3 is 14.7 Å². The standard InChI is InChI=1S/C21H33N5O/c1-15(24-9-4-5-10-24)18-6-11-25(12-7-18)21-19-8-13-26(17(3)27)14-20(19)22-16(2)23-21/h15,18H,4-14H2,1-3H3/t15-/m0/s1. The number of carbonyl (C=O) groups excluding carboxylic acids is 1. The van der Waals surface area contributed by atoms with Gasteiger partial charge in [0.1, 0.15) is 11.6 Å². The van der Waals surface area contributed by atoms with Crippen LogP contribution in [0.2, 0.25) is 0 Å². The number of aromatic nitrogens is 2. The van der Waals surface area contributed by atoms with Gasteiger partial charge in [-0.3, -0.25) is 4.79 Å². The quantitative estimate of drug-likeness (QED) is 0.817. The van der Waals surface area contributed by atoms with Crippen LogP contribution in [0, 0.1) is 12.8 Å². The number of rotatable bonds is 3. The number of piperidine rings is 1. The molecule has 6 nitrogen and oxygen atoms in total. The zero-order chi connectivity index (χ0) is 19.0. The van der Waals surface area contributed by atoms with E-state index in [9.17, 15) is 4.79 Å². The molecule has 4 rings (SSSR count). The second-order valence-corrected chi connectivity index (χ2v) is 8.52. The molecule has 0 N–H and O–H groups in total. The summed E-state index contributed by atoms with van der Waals surface area (Å²) in [5.74, 6) is 2.89. The van der Waals surface area contributed by atoms with E-state index in [1.165, 1.54) is 44.3 Å². The number of amides is 1. The second-order valence-electron chi connectivity index (χ2n) is 8.52. The van der Waals surface area contributed by atoms with Crippen molar-refractivity contribution >= 4 is 11.7 Å². The Balaban J connectivity index is 1.46. The molecule has 0 radical (unpaired) electrons. The molecule has 0 saturated carbocycles. The van der Waals surface area contributed by atoms with E-state index in [0.29, 0.717) is 12.6 Å². The number of likely N-dealkylation sites (tertiary alicyclic amines) is 1. The zero-order valence-corrected chi connectivity index (χ0v) is 17.1. The Morgan fingerprint density at radius 3 is 2.44 bits per heavy atom. The molecule has 148 valence electrons. The lowest BCUT2D eigenvalue weighted by Crippen LogP contribution is -2.44. The summed E-state index contributed by atoms with van der Waals surface area (Å²) >= 11 is 0. The third kappa shape index (κ3) is 3.82. The highest BCUT2D eigenvalue weighted by Gasteiger charge is 2.31. The van der Waals surface area contributed by atoms with E-state index in [0.717, 1.165) is 49.3 Å². The minimum atomic E-state index is 0.134. The number of carbonyl (C=O) groups is 1. The Morgan fingerprint density at radius 2 is 1.78 bits per heavy atom. The monoisotopic (exact) mass is 371 g/mol. The van der Waals surface area contributed by atoms with Crippen molar-refractivity contribution in [2.24, 2.45) is 5.92 Å². The Morgan fingerprint density at radius 1 is 1.07 bits per heavy atom. The van der Waals surface area contributed by atoms with Crippen molar-refractivity contribution in [1.82, 2.24) is 19.8 Å². The molecule has 3 aliphatic rings. The van der Waals surface area contributed by atoms with E-state index < -0.39 is 0 Å². The summed E-state index contributed by atoms with van der Waals surface area (Å²) in [5, 5.41) is 0. The number of anilines is 1. The molecule has 2 saturated heterocycles. The van der Waals surface area contributed by atoms with E-state index in [1.807, 2.05) is 11.8 Å². The highest BCUT2D eigenvalue weighted by molar-refractivity contribution is 5.73. The molecule has 0 aromatic carbocycles. The Labute approximate surface area is 162 Å². The zero-order valence-electron chi connectivity index (χ0n) is 17.1. The molecule has 4 heterocycles. The Kier molecular flexibility index (Phi) is 5.35. The van der Waals surface area contributed by atoms with Crippen LogP contribution in [0.4, 0.5) is 5.82 Å². The maximum atomic E-state index is 11.8. The summed E-state index contributed by atoms with van der Waals surface area (Å²) < 4.78 is 0. The van der Waals surface area contributed by atoms with Gasteiger partial charge in [-0.25, -0.2) is 9.97 Å². The second kappa shape index (κ2) is 7.74. The predicted octanol–water partition coefficient (Wildman–Crippen LogP) is 2.39. The maximum Gasteiger partial charge on any atom is 0.219 e. The van der Waals surface area contributed by atoms with Gasteiger partial charge in [0.2, 0.25) is 5.91 Å². The minimum Gasteiger partial charge on any atom is -0.356 e. The third-order valence-electron chi connectivity index (χ3n) is 6.84. The first-order chi connectivity index (χ1) is 13.0. The lowest BCUT2D eigenvalue weighted by molar-refractivity contribution is -0.129. The molecule has 0 bridgehead atoms. The van der Waals surface area contributed by atoms with Gasteiger partial charge >= 0.3 is 0 Å². The van der Waals surface area contributed by atoms with Crippen molar-refractivity contribution in [2.75, 3.05) is 37.6 Å². The molecule has 6 heteroatoms. The lowest BCUT2D eigenvalue weighted by Gasteiger charge is -2.40. The van der Waals surface area contributed by atoms with Crippen LogP contribution in [0.5, 0.6) is 0 Å². The van der Waals surface area contributed by atoms with Gasteiger partial charge in [0.05, 0.1) is 12.2 Å². The average Bonchev–Trinajstić information content (AvgIpc) is 3.21. The maximum absolute atomic E-state index is 11.8. The van der Waals surface area contributed by atoms with Crippen molar-refractivity contribution in [3.05, 3.63) is 17.1 Å². The van der Waals surface area contributed by atoms with E-state index in [2.05, 4.69) is 21.7 Å². The van der Waals surface area contributed by atoms with Crippen LogP contribution in [-0.2, 0) is 17.8 Å². The number of aryl methyl sites for hydroxylation is 1. The van der Waals surface area contributed by atoms with Gasteiger partial charge in [0.15, 0.2) is 0 Å². The summed E-state index contributed by atoms with van der Waals surface area (Å²) in [4.78, 5) is 28.3. The van der Waals surface area contributed by atoms with Crippen molar-refractivity contribution in [1.29, 1.82) is 0 Å². The summed E-state index contributed by atoms with van der Waals surface area (Å²) in [7, 11) is 0. The van der Waals surface area contributed by atoms with Crippen LogP contribution in [0.25, 0.3) is 0 Å². The first kappa shape index (κ1) is 18.7. The van der Waals surface area contributed by atoms with Crippen molar-refractivity contribution < 1.29 is 4.79 Å². The van der Waals surface area contributed by atoms with Gasteiger partial charge in [0.25, 0.3) is 0 Å². The van der Waals surface area contributed by atoms with Gasteiger partial charge in [0, 0.05) is 38.2 Å². The average molecular weight is 372 g/mol. The molecular weight excluding hydrogens is 338 g/mol. The largest absolute Gasteiger partial charge is 0.356 e. The molecular formula is C21H33N5O. The molecule has 0 spiro atoms. The molecule has 3 aliphatic heterocycles. The van der Waals surface area contributed by atoms with Crippen LogP contribution in [-0.4, -0.2) is 64.4 Å². The molecule has 0 aliphatic carbocycles. The smallest absolute Gasteiger partial charge is 0.219 e. The Hall–Kier alpha value is -1.69. The molecule has 1 amide bonds. The van der Waals surface area contributed by atoms with Crippen LogP contribution < -0.4 is 4.90 Å². The molecule has 27 heavy (non-hydrogen) atoms. The topological polar surface area (TPSA) is 52.6 Å². The number of fused-ring (bicyclic) bond motifs is 1. The predicted molar refractivity (Wildman–Crippen MR) is 107 cm³/mol. The normalized spacial score (nSPS) is 22.8. The van der Waals surface area contributed by atoms with Crippen LogP contribution in [0.15, 0.2) is 0 Å². The van der Waals surface area contributed by atoms with Gasteiger partial charge in [-0.15, -0.1) is 0 Å². The minimum absolute atomic E-state index is 0.134. The van der Waals surface area contributed by atoms with Crippen molar-refractivity contribution in [3.8, 4) is 0 Å². The van der Waals surface area contributed by atoms with Crippen molar-refractivity contribution in [3.63, 3.8) is 0 Å². The van der Waals surface area contributed by atoms with Gasteiger partial charge in [-0.1, -0.05) is 0 Å². The first-order valence-electron chi connectivity index (χ1n) is 10.6. The van der Waals surface area contributed by atoms with E-state index in [-0.39, 0.29) is 5.91 Å². The highest BCUT2D eigenvalue weighted by atomic mass is 16.2.